The predicted octanol–water partition coefficient (Wildman–Crippen LogP) is 0.550. The summed E-state index contributed by atoms with van der Waals surface area (Å²) in [5.74, 6) is -0.237. The lowest BCUT2D eigenvalue weighted by molar-refractivity contribution is -0.141. The van der Waals surface area contributed by atoms with Crippen molar-refractivity contribution in [3.05, 3.63) is 0 Å². The topological polar surface area (TPSA) is 29.5 Å². The van der Waals surface area contributed by atoms with E-state index < -0.39 is 0 Å². The van der Waals surface area contributed by atoms with Crippen molar-refractivity contribution in [2.24, 2.45) is 5.92 Å². The molecule has 1 aliphatic rings. The Hall–Kier alpha value is -0.280. The first-order chi connectivity index (χ1) is 3.72. The summed E-state index contributed by atoms with van der Waals surface area (Å²) in [6.45, 7) is 2.17. The molecule has 0 aliphatic carbocycles. The lowest BCUT2D eigenvalue weighted by atomic mass is 10.2. The van der Waals surface area contributed by atoms with Crippen molar-refractivity contribution >= 4 is 17.7 Å². The maximum atomic E-state index is 10.6. The Balaban J connectivity index is 2.57. The number of hydrogen-bond donors (Lipinski definition) is 0. The second-order valence-electron chi connectivity index (χ2n) is 1.78. The van der Waals surface area contributed by atoms with Gasteiger partial charge in [0, 0.05) is 11.8 Å². The van der Waals surface area contributed by atoms with E-state index in [1.807, 2.05) is 0 Å². The average Bonchev–Trinajstić information content (AvgIpc) is 1.98. The summed E-state index contributed by atoms with van der Waals surface area (Å²) in [6.07, 6.45) is 0. The first-order valence-electron chi connectivity index (χ1n) is 2.34. The summed E-state index contributed by atoms with van der Waals surface area (Å²) in [6, 6.07) is 0. The second-order valence-corrected chi connectivity index (χ2v) is 2.09. The number of hydrogen-bond acceptors (Lipinski definition) is 2. The summed E-state index contributed by atoms with van der Waals surface area (Å²) in [5.41, 5.74) is 0. The molecular weight excluding hydrogens is 130 g/mol. The molecule has 1 amide bonds. The van der Waals surface area contributed by atoms with Gasteiger partial charge in [-0.1, -0.05) is 6.92 Å². The van der Waals surface area contributed by atoms with Crippen LogP contribution in [-0.2, 0) is 9.63 Å². The van der Waals surface area contributed by atoms with Gasteiger partial charge in [0.05, 0.1) is 12.5 Å². The molecule has 0 N–H and O–H groups in total. The third-order valence-electron chi connectivity index (χ3n) is 1.03. The first kappa shape index (κ1) is 5.85. The van der Waals surface area contributed by atoms with Gasteiger partial charge in [-0.25, -0.2) is 0 Å². The highest BCUT2D eigenvalue weighted by molar-refractivity contribution is 6.20. The molecule has 1 aliphatic heterocycles. The van der Waals surface area contributed by atoms with E-state index in [9.17, 15) is 4.79 Å². The van der Waals surface area contributed by atoms with E-state index in [4.69, 9.17) is 11.8 Å². The van der Waals surface area contributed by atoms with Crippen molar-refractivity contribution in [1.82, 2.24) is 4.58 Å². The van der Waals surface area contributed by atoms with Crippen molar-refractivity contribution in [3.8, 4) is 0 Å². The van der Waals surface area contributed by atoms with Gasteiger partial charge in [0.1, 0.15) is 0 Å². The molecule has 0 bridgehead atoms. The van der Waals surface area contributed by atoms with Crippen LogP contribution in [0.3, 0.4) is 0 Å². The minimum absolute atomic E-state index is 0.0764. The van der Waals surface area contributed by atoms with E-state index in [0.29, 0.717) is 6.61 Å². The number of rotatable bonds is 0. The van der Waals surface area contributed by atoms with E-state index >= 15 is 0 Å². The van der Waals surface area contributed by atoms with Crippen LogP contribution in [0.4, 0.5) is 0 Å². The number of nitrogens with zero attached hydrogens (tertiary/aromatic N) is 1. The number of amides is 1. The summed E-state index contributed by atoms with van der Waals surface area (Å²) in [4.78, 5) is 15.2. The van der Waals surface area contributed by atoms with Crippen molar-refractivity contribution in [1.29, 1.82) is 0 Å². The molecule has 0 radical (unpaired) electrons. The van der Waals surface area contributed by atoms with Crippen molar-refractivity contribution in [2.45, 2.75) is 6.92 Å². The Kier molecular flexibility index (Phi) is 1.40. The third-order valence-corrected chi connectivity index (χ3v) is 1.30. The van der Waals surface area contributed by atoms with Gasteiger partial charge in [-0.3, -0.25) is 9.63 Å². The highest BCUT2D eigenvalue weighted by Gasteiger charge is 2.27. The predicted molar refractivity (Wildman–Crippen MR) is 27.8 cm³/mol. The van der Waals surface area contributed by atoms with E-state index in [-0.39, 0.29) is 11.8 Å². The number of carbonyl (C=O) groups excluding carboxylic acids is 1. The molecule has 1 rings (SSSR count). The van der Waals surface area contributed by atoms with Crippen LogP contribution in [0.1, 0.15) is 6.92 Å². The summed E-state index contributed by atoms with van der Waals surface area (Å²) >= 11 is 5.22. The number of hydroxylamine groups is 1. The van der Waals surface area contributed by atoms with Crippen LogP contribution in [0, 0.1) is 5.92 Å². The highest BCUT2D eigenvalue weighted by atomic mass is 35.5. The Morgan fingerprint density at radius 2 is 2.62 bits per heavy atom. The summed E-state index contributed by atoms with van der Waals surface area (Å²) < 4.78 is 0.755. The second kappa shape index (κ2) is 1.91. The monoisotopic (exact) mass is 135 g/mol. The molecule has 1 fully saturated rings. The fourth-order valence-electron chi connectivity index (χ4n) is 0.485. The summed E-state index contributed by atoms with van der Waals surface area (Å²) in [7, 11) is 0. The largest absolute Gasteiger partial charge is 0.271 e. The van der Waals surface area contributed by atoms with Crippen molar-refractivity contribution in [2.75, 3.05) is 6.61 Å². The molecule has 8 heavy (non-hydrogen) atoms. The molecule has 1 saturated heterocycles. The van der Waals surface area contributed by atoms with E-state index in [1.165, 1.54) is 0 Å². The summed E-state index contributed by atoms with van der Waals surface area (Å²) in [5, 5.41) is 0. The Bertz CT molecular complexity index is 105. The lowest BCUT2D eigenvalue weighted by Gasteiger charge is -1.98. The maximum Gasteiger partial charge on any atom is 0.267 e. The quantitative estimate of drug-likeness (QED) is 0.454. The molecule has 46 valence electrons. The molecule has 0 spiro atoms. The van der Waals surface area contributed by atoms with Crippen LogP contribution in [0.5, 0.6) is 0 Å². The average molecular weight is 136 g/mol. The fourth-order valence-corrected chi connectivity index (χ4v) is 0.708. The van der Waals surface area contributed by atoms with E-state index in [1.54, 1.807) is 6.92 Å². The van der Waals surface area contributed by atoms with Gasteiger partial charge in [0.15, 0.2) is 0 Å². The van der Waals surface area contributed by atoms with Crippen LogP contribution in [0.15, 0.2) is 0 Å². The molecule has 1 heterocycles. The molecule has 0 aromatic rings. The number of halogens is 1. The zero-order valence-corrected chi connectivity index (χ0v) is 5.18. The standard InChI is InChI=1S/C4H6ClNO2/c1-3-2-8-6(5)4(3)7/h3H,2H2,1H3. The Labute approximate surface area is 52.2 Å². The van der Waals surface area contributed by atoms with Crippen molar-refractivity contribution in [3.63, 3.8) is 0 Å². The van der Waals surface area contributed by atoms with Crippen LogP contribution in [0.2, 0.25) is 0 Å². The van der Waals surface area contributed by atoms with Gasteiger partial charge in [-0.05, 0) is 0 Å². The van der Waals surface area contributed by atoms with Gasteiger partial charge >= 0.3 is 0 Å². The van der Waals surface area contributed by atoms with Gasteiger partial charge < -0.3 is 0 Å². The van der Waals surface area contributed by atoms with Crippen molar-refractivity contribution < 1.29 is 9.63 Å². The minimum atomic E-state index is -0.160. The third kappa shape index (κ3) is 0.788. The van der Waals surface area contributed by atoms with Crippen LogP contribution >= 0.6 is 11.8 Å². The molecule has 0 saturated carbocycles. The van der Waals surface area contributed by atoms with Gasteiger partial charge in [-0.2, -0.15) is 0 Å². The van der Waals surface area contributed by atoms with Crippen LogP contribution in [0.25, 0.3) is 0 Å². The minimum Gasteiger partial charge on any atom is -0.271 e. The Morgan fingerprint density at radius 1 is 2.00 bits per heavy atom. The van der Waals surface area contributed by atoms with E-state index in [0.717, 1.165) is 4.58 Å². The van der Waals surface area contributed by atoms with Crippen LogP contribution < -0.4 is 0 Å². The molecule has 0 aromatic carbocycles. The zero-order valence-electron chi connectivity index (χ0n) is 4.43. The smallest absolute Gasteiger partial charge is 0.267 e. The molecule has 3 nitrogen and oxygen atoms in total. The van der Waals surface area contributed by atoms with Crippen LogP contribution in [-0.4, -0.2) is 17.1 Å². The zero-order chi connectivity index (χ0) is 6.15. The number of carbonyl (C=O) groups is 1. The normalized spacial score (nSPS) is 29.5. The molecule has 1 unspecified atom stereocenters. The van der Waals surface area contributed by atoms with E-state index in [2.05, 4.69) is 4.84 Å². The van der Waals surface area contributed by atoms with Gasteiger partial charge in [-0.15, -0.1) is 4.58 Å². The lowest BCUT2D eigenvalue weighted by Crippen LogP contribution is -2.14. The maximum absolute atomic E-state index is 10.6. The van der Waals surface area contributed by atoms with Gasteiger partial charge in [0.2, 0.25) is 0 Å². The fraction of sp³-hybridized carbons (Fsp3) is 0.750. The highest BCUT2D eigenvalue weighted by Crippen LogP contribution is 2.14. The Morgan fingerprint density at radius 3 is 2.75 bits per heavy atom. The first-order valence-corrected chi connectivity index (χ1v) is 2.68. The van der Waals surface area contributed by atoms with Gasteiger partial charge in [0.25, 0.3) is 5.91 Å². The molecular formula is C4H6ClNO2. The SMILES string of the molecule is CC1CON(Cl)C1=O. The molecule has 1 atom stereocenters. The molecule has 0 aromatic heterocycles. The molecule has 4 heteroatoms.